The fourth-order valence-corrected chi connectivity index (χ4v) is 3.93. The molecule has 0 spiro atoms. The van der Waals surface area contributed by atoms with Crippen molar-refractivity contribution in [2.75, 3.05) is 11.1 Å². The van der Waals surface area contributed by atoms with Crippen LogP contribution in [-0.2, 0) is 11.8 Å². The Balaban J connectivity index is 1.62. The summed E-state index contributed by atoms with van der Waals surface area (Å²) in [6.45, 7) is 7.83. The van der Waals surface area contributed by atoms with Crippen LogP contribution in [0, 0.1) is 20.8 Å². The molecule has 0 aliphatic heterocycles. The van der Waals surface area contributed by atoms with Crippen molar-refractivity contribution in [1.82, 2.24) is 14.8 Å². The molecule has 0 saturated carbocycles. The molecular weight excluding hydrogens is 420 g/mol. The molecule has 30 heavy (non-hydrogen) atoms. The first-order chi connectivity index (χ1) is 14.2. The van der Waals surface area contributed by atoms with Gasteiger partial charge in [0.1, 0.15) is 5.75 Å². The minimum atomic E-state index is -0.305. The number of aryl methyl sites for hydroxylation is 3. The van der Waals surface area contributed by atoms with Gasteiger partial charge in [-0.15, -0.1) is 10.2 Å². The van der Waals surface area contributed by atoms with Crippen LogP contribution in [0.15, 0.2) is 41.6 Å². The van der Waals surface area contributed by atoms with E-state index in [1.807, 2.05) is 69.6 Å². The molecule has 6 nitrogen and oxygen atoms in total. The highest BCUT2D eigenvalue weighted by molar-refractivity contribution is 7.99. The number of amides is 1. The van der Waals surface area contributed by atoms with E-state index in [-0.39, 0.29) is 17.8 Å². The van der Waals surface area contributed by atoms with Crippen molar-refractivity contribution in [3.8, 4) is 5.75 Å². The molecule has 3 aromatic rings. The minimum Gasteiger partial charge on any atom is -0.482 e. The number of nitrogens with one attached hydrogen (secondary N) is 1. The second-order valence-corrected chi connectivity index (χ2v) is 8.60. The normalized spacial score (nSPS) is 11.9. The largest absolute Gasteiger partial charge is 0.482 e. The zero-order chi connectivity index (χ0) is 21.8. The third kappa shape index (κ3) is 5.34. The number of hydrogen-bond donors (Lipinski definition) is 1. The van der Waals surface area contributed by atoms with Crippen LogP contribution in [0.3, 0.4) is 0 Å². The molecule has 3 rings (SSSR count). The average molecular weight is 445 g/mol. The third-order valence-corrected chi connectivity index (χ3v) is 5.93. The quantitative estimate of drug-likeness (QED) is 0.503. The van der Waals surface area contributed by atoms with Crippen molar-refractivity contribution >= 4 is 35.0 Å². The van der Waals surface area contributed by atoms with E-state index >= 15 is 0 Å². The van der Waals surface area contributed by atoms with Gasteiger partial charge in [-0.1, -0.05) is 35.5 Å². The van der Waals surface area contributed by atoms with Crippen LogP contribution >= 0.6 is 23.4 Å². The van der Waals surface area contributed by atoms with Gasteiger partial charge in [0.25, 0.3) is 0 Å². The van der Waals surface area contributed by atoms with Gasteiger partial charge >= 0.3 is 0 Å². The minimum absolute atomic E-state index is 0.0839. The number of carbonyl (C=O) groups is 1. The molecule has 8 heteroatoms. The maximum Gasteiger partial charge on any atom is 0.234 e. The average Bonchev–Trinajstić information content (AvgIpc) is 3.06. The van der Waals surface area contributed by atoms with E-state index in [1.165, 1.54) is 11.8 Å². The number of anilines is 1. The zero-order valence-corrected chi connectivity index (χ0v) is 19.3. The second kappa shape index (κ2) is 9.53. The number of halogens is 1. The molecule has 158 valence electrons. The van der Waals surface area contributed by atoms with Gasteiger partial charge in [-0.25, -0.2) is 0 Å². The van der Waals surface area contributed by atoms with Gasteiger partial charge in [0.2, 0.25) is 5.91 Å². The number of carbonyl (C=O) groups excluding carboxylic acids is 1. The van der Waals surface area contributed by atoms with E-state index < -0.39 is 0 Å². The highest BCUT2D eigenvalue weighted by atomic mass is 35.5. The lowest BCUT2D eigenvalue weighted by atomic mass is 10.1. The van der Waals surface area contributed by atoms with Gasteiger partial charge in [0, 0.05) is 17.8 Å². The Hall–Kier alpha value is -2.51. The monoisotopic (exact) mass is 444 g/mol. The van der Waals surface area contributed by atoms with Crippen molar-refractivity contribution in [2.24, 2.45) is 7.05 Å². The summed E-state index contributed by atoms with van der Waals surface area (Å²) >= 11 is 7.35. The SMILES string of the molecule is Cc1ccc(C)c(NC(=O)CSc2nnc(C(C)Oc3ccc(Cl)cc3C)n2C)c1. The summed E-state index contributed by atoms with van der Waals surface area (Å²) < 4.78 is 7.89. The number of rotatable bonds is 7. The van der Waals surface area contributed by atoms with Crippen molar-refractivity contribution in [1.29, 1.82) is 0 Å². The molecule has 0 fully saturated rings. The summed E-state index contributed by atoms with van der Waals surface area (Å²) in [4.78, 5) is 12.4. The number of hydrogen-bond acceptors (Lipinski definition) is 5. The number of aromatic nitrogens is 3. The molecule has 0 aliphatic rings. The summed E-state index contributed by atoms with van der Waals surface area (Å²) in [7, 11) is 1.87. The van der Waals surface area contributed by atoms with Crippen LogP contribution < -0.4 is 10.1 Å². The molecule has 0 aliphatic carbocycles. The van der Waals surface area contributed by atoms with Crippen LogP contribution in [0.5, 0.6) is 5.75 Å². The molecule has 1 atom stereocenters. The van der Waals surface area contributed by atoms with Gasteiger partial charge in [-0.2, -0.15) is 0 Å². The lowest BCUT2D eigenvalue weighted by Gasteiger charge is -2.16. The van der Waals surface area contributed by atoms with Gasteiger partial charge < -0.3 is 14.6 Å². The fourth-order valence-electron chi connectivity index (χ4n) is 2.98. The molecular formula is C22H25ClN4O2S. The molecule has 1 unspecified atom stereocenters. The summed E-state index contributed by atoms with van der Waals surface area (Å²) in [5.41, 5.74) is 3.92. The summed E-state index contributed by atoms with van der Waals surface area (Å²) in [5, 5.41) is 12.8. The second-order valence-electron chi connectivity index (χ2n) is 7.22. The molecule has 1 amide bonds. The predicted molar refractivity (Wildman–Crippen MR) is 122 cm³/mol. The number of benzene rings is 2. The fraction of sp³-hybridized carbons (Fsp3) is 0.318. The summed E-state index contributed by atoms with van der Waals surface area (Å²) in [5.74, 6) is 1.59. The molecule has 0 saturated heterocycles. The Morgan fingerprint density at radius 3 is 2.67 bits per heavy atom. The first kappa shape index (κ1) is 22.2. The first-order valence-electron chi connectivity index (χ1n) is 9.56. The van der Waals surface area contributed by atoms with Crippen molar-refractivity contribution < 1.29 is 9.53 Å². The maximum absolute atomic E-state index is 12.4. The van der Waals surface area contributed by atoms with Crippen LogP contribution in [0.4, 0.5) is 5.69 Å². The van der Waals surface area contributed by atoms with Crippen molar-refractivity contribution in [2.45, 2.75) is 39.0 Å². The highest BCUT2D eigenvalue weighted by Gasteiger charge is 2.19. The van der Waals surface area contributed by atoms with E-state index in [2.05, 4.69) is 15.5 Å². The summed E-state index contributed by atoms with van der Waals surface area (Å²) in [6, 6.07) is 11.5. The van der Waals surface area contributed by atoms with Crippen molar-refractivity contribution in [3.63, 3.8) is 0 Å². The molecule has 2 aromatic carbocycles. The van der Waals surface area contributed by atoms with Crippen LogP contribution in [0.1, 0.15) is 35.5 Å². The molecule has 1 N–H and O–H groups in total. The van der Waals surface area contributed by atoms with Gasteiger partial charge in [-0.3, -0.25) is 4.79 Å². The van der Waals surface area contributed by atoms with Crippen LogP contribution in [-0.4, -0.2) is 26.4 Å². The van der Waals surface area contributed by atoms with Crippen LogP contribution in [0.25, 0.3) is 0 Å². The Morgan fingerprint density at radius 2 is 1.93 bits per heavy atom. The molecule has 1 heterocycles. The Kier molecular flexibility index (Phi) is 7.05. The van der Waals surface area contributed by atoms with E-state index in [4.69, 9.17) is 16.3 Å². The topological polar surface area (TPSA) is 69.0 Å². The van der Waals surface area contributed by atoms with E-state index in [1.54, 1.807) is 6.07 Å². The third-order valence-electron chi connectivity index (χ3n) is 4.67. The van der Waals surface area contributed by atoms with Gasteiger partial charge in [0.15, 0.2) is 17.1 Å². The lowest BCUT2D eigenvalue weighted by molar-refractivity contribution is -0.113. The number of nitrogens with zero attached hydrogens (tertiary/aromatic N) is 3. The standard InChI is InChI=1S/C22H25ClN4O2S/c1-13-6-7-14(2)18(10-13)24-20(28)12-30-22-26-25-21(27(22)5)16(4)29-19-9-8-17(23)11-15(19)3/h6-11,16H,12H2,1-5H3,(H,24,28). The predicted octanol–water partition coefficient (Wildman–Crippen LogP) is 5.26. The Labute approximate surface area is 186 Å². The summed E-state index contributed by atoms with van der Waals surface area (Å²) in [6.07, 6.45) is -0.305. The van der Waals surface area contributed by atoms with Crippen LogP contribution in [0.2, 0.25) is 5.02 Å². The van der Waals surface area contributed by atoms with Gasteiger partial charge in [0.05, 0.1) is 5.75 Å². The van der Waals surface area contributed by atoms with Gasteiger partial charge in [-0.05, 0) is 68.7 Å². The highest BCUT2D eigenvalue weighted by Crippen LogP contribution is 2.28. The molecule has 1 aromatic heterocycles. The molecule has 0 radical (unpaired) electrons. The molecule has 0 bridgehead atoms. The van der Waals surface area contributed by atoms with E-state index in [9.17, 15) is 4.79 Å². The zero-order valence-electron chi connectivity index (χ0n) is 17.7. The van der Waals surface area contributed by atoms with Crippen molar-refractivity contribution in [3.05, 3.63) is 63.9 Å². The number of ether oxygens (including phenoxy) is 1. The van der Waals surface area contributed by atoms with E-state index in [0.717, 1.165) is 28.1 Å². The Bertz CT molecular complexity index is 1070. The maximum atomic E-state index is 12.4. The first-order valence-corrected chi connectivity index (χ1v) is 10.9. The number of thioether (sulfide) groups is 1. The lowest BCUT2D eigenvalue weighted by Crippen LogP contribution is -2.15. The Morgan fingerprint density at radius 1 is 1.17 bits per heavy atom. The van der Waals surface area contributed by atoms with E-state index in [0.29, 0.717) is 16.0 Å². The smallest absolute Gasteiger partial charge is 0.234 e.